The van der Waals surface area contributed by atoms with Crippen molar-refractivity contribution in [2.75, 3.05) is 19.8 Å². The van der Waals surface area contributed by atoms with Gasteiger partial charge in [0.15, 0.2) is 0 Å². The van der Waals surface area contributed by atoms with Crippen LogP contribution in [-0.2, 0) is 13.3 Å². The summed E-state index contributed by atoms with van der Waals surface area (Å²) in [6.45, 7) is 19.2. The first-order valence-corrected chi connectivity index (χ1v) is 12.9. The van der Waals surface area contributed by atoms with Crippen LogP contribution in [0, 0.1) is 0 Å². The highest BCUT2D eigenvalue weighted by Gasteiger charge is 2.32. The molecule has 112 valence electrons. The fraction of sp³-hybridized carbons (Fsp3) is 1.00. The molecule has 0 aromatic rings. The van der Waals surface area contributed by atoms with Crippen LogP contribution < -0.4 is 0 Å². The van der Waals surface area contributed by atoms with Crippen LogP contribution in [0.4, 0.5) is 0 Å². The second-order valence-corrected chi connectivity index (χ2v) is 13.4. The van der Waals surface area contributed by atoms with E-state index in [0.29, 0.717) is 19.8 Å². The highest BCUT2D eigenvalue weighted by molar-refractivity contribution is 6.77. The summed E-state index contributed by atoms with van der Waals surface area (Å²) >= 11 is 0. The minimum atomic E-state index is -2.25. The van der Waals surface area contributed by atoms with Crippen molar-refractivity contribution in [2.24, 2.45) is 0 Å². The van der Waals surface area contributed by atoms with Crippen LogP contribution in [-0.4, -0.2) is 36.7 Å². The Morgan fingerprint density at radius 1 is 0.611 bits per heavy atom. The van der Waals surface area contributed by atoms with Crippen LogP contribution in [0.5, 0.6) is 0 Å². The van der Waals surface area contributed by atoms with Crippen molar-refractivity contribution in [3.05, 3.63) is 0 Å². The predicted octanol–water partition coefficient (Wildman–Crippen LogP) is 4.40. The average Bonchev–Trinajstić information content (AvgIpc) is 2.31. The van der Waals surface area contributed by atoms with Gasteiger partial charge in [0.2, 0.25) is 0 Å². The van der Waals surface area contributed by atoms with Gasteiger partial charge >= 0.3 is 8.80 Å². The lowest BCUT2D eigenvalue weighted by Gasteiger charge is -2.23. The van der Waals surface area contributed by atoms with Gasteiger partial charge < -0.3 is 13.3 Å². The van der Waals surface area contributed by atoms with Gasteiger partial charge in [0.25, 0.3) is 0 Å². The van der Waals surface area contributed by atoms with E-state index in [1.54, 1.807) is 0 Å². The van der Waals surface area contributed by atoms with Crippen molar-refractivity contribution >= 4 is 16.9 Å². The zero-order chi connectivity index (χ0) is 14.7. The van der Waals surface area contributed by atoms with Gasteiger partial charge in [0.05, 0.1) is 0 Å². The number of hydrogen-bond acceptors (Lipinski definition) is 3. The number of hydrogen-bond donors (Lipinski definition) is 0. The van der Waals surface area contributed by atoms with E-state index in [4.69, 9.17) is 13.3 Å². The topological polar surface area (TPSA) is 27.7 Å². The maximum Gasteiger partial charge on any atom is 0.497 e. The summed E-state index contributed by atoms with van der Waals surface area (Å²) in [5.74, 6) is 0. The first-order valence-electron chi connectivity index (χ1n) is 7.22. The van der Waals surface area contributed by atoms with Crippen LogP contribution in [0.1, 0.15) is 34.6 Å². The van der Waals surface area contributed by atoms with E-state index in [1.807, 2.05) is 27.3 Å². The van der Waals surface area contributed by atoms with Crippen molar-refractivity contribution < 1.29 is 13.3 Å². The Balaban J connectivity index is 0. The van der Waals surface area contributed by atoms with E-state index in [2.05, 4.69) is 26.9 Å². The summed E-state index contributed by atoms with van der Waals surface area (Å²) in [6, 6.07) is 2.87. The summed E-state index contributed by atoms with van der Waals surface area (Å²) in [5.41, 5.74) is 0. The lowest BCUT2D eigenvalue weighted by atomic mass is 10.9. The molecule has 0 bridgehead atoms. The third kappa shape index (κ3) is 11.4. The lowest BCUT2D eigenvalue weighted by Crippen LogP contribution is -2.42. The predicted molar refractivity (Wildman–Crippen MR) is 84.9 cm³/mol. The molecule has 0 amide bonds. The molecule has 0 spiro atoms. The van der Waals surface area contributed by atoms with Crippen molar-refractivity contribution in [1.29, 1.82) is 0 Å². The summed E-state index contributed by atoms with van der Waals surface area (Å²) in [5, 5.41) is 0. The molecule has 0 aliphatic rings. The van der Waals surface area contributed by atoms with Crippen molar-refractivity contribution in [2.45, 2.75) is 66.3 Å². The van der Waals surface area contributed by atoms with Gasteiger partial charge in [-0.2, -0.15) is 0 Å². The zero-order valence-electron chi connectivity index (χ0n) is 13.8. The molecule has 0 atom stereocenters. The molecule has 0 fully saturated rings. The van der Waals surface area contributed by atoms with Crippen molar-refractivity contribution in [3.63, 3.8) is 0 Å². The monoisotopic (exact) mass is 294 g/mol. The van der Waals surface area contributed by atoms with Crippen molar-refractivity contribution in [3.8, 4) is 0 Å². The molecule has 0 aromatic heterocycles. The summed E-state index contributed by atoms with van der Waals surface area (Å²) < 4.78 is 16.2. The molecule has 0 aliphatic heterocycles. The molecule has 0 rings (SSSR count). The van der Waals surface area contributed by atoms with E-state index in [0.717, 1.165) is 0 Å². The highest BCUT2D eigenvalue weighted by Crippen LogP contribution is 2.12. The number of rotatable bonds is 8. The quantitative estimate of drug-likeness (QED) is 0.621. The molecule has 0 N–H and O–H groups in total. The fourth-order valence-electron chi connectivity index (χ4n) is 1.16. The highest BCUT2D eigenvalue weighted by atomic mass is 28.4. The first kappa shape index (κ1) is 20.6. The van der Waals surface area contributed by atoms with E-state index in [-0.39, 0.29) is 0 Å². The van der Waals surface area contributed by atoms with Crippen LogP contribution in [0.3, 0.4) is 0 Å². The van der Waals surface area contributed by atoms with E-state index in [1.165, 1.54) is 12.1 Å². The molecule has 0 radical (unpaired) electrons. The van der Waals surface area contributed by atoms with Gasteiger partial charge in [0, 0.05) is 34.4 Å². The molecule has 0 saturated heterocycles. The second-order valence-electron chi connectivity index (χ2n) is 5.03. The molecule has 0 aromatic carbocycles. The molecule has 0 unspecified atom stereocenters. The van der Waals surface area contributed by atoms with E-state index >= 15 is 0 Å². The Morgan fingerprint density at radius 3 is 1.00 bits per heavy atom. The zero-order valence-corrected chi connectivity index (χ0v) is 15.8. The molecule has 0 heterocycles. The van der Waals surface area contributed by atoms with Crippen LogP contribution >= 0.6 is 0 Å². The SMILES string of the molecule is CCO[Si](C)(OCC)OCC.CC[Si](C)(C)CC. The van der Waals surface area contributed by atoms with Crippen LogP contribution in [0.15, 0.2) is 0 Å². The maximum absolute atomic E-state index is 5.40. The van der Waals surface area contributed by atoms with Gasteiger partial charge in [-0.15, -0.1) is 0 Å². The molecule has 3 nitrogen and oxygen atoms in total. The average molecular weight is 295 g/mol. The van der Waals surface area contributed by atoms with Crippen molar-refractivity contribution in [1.82, 2.24) is 0 Å². The normalized spacial score (nSPS) is 12.0. The van der Waals surface area contributed by atoms with Crippen LogP contribution in [0.2, 0.25) is 31.7 Å². The van der Waals surface area contributed by atoms with Gasteiger partial charge in [-0.25, -0.2) is 0 Å². The van der Waals surface area contributed by atoms with E-state index in [9.17, 15) is 0 Å². The molecular formula is C13H34O3Si2. The molecule has 0 saturated carbocycles. The van der Waals surface area contributed by atoms with Gasteiger partial charge in [-0.3, -0.25) is 0 Å². The first-order chi connectivity index (χ1) is 8.30. The molecule has 5 heteroatoms. The van der Waals surface area contributed by atoms with Gasteiger partial charge in [-0.1, -0.05) is 39.0 Å². The maximum atomic E-state index is 5.40. The summed E-state index contributed by atoms with van der Waals surface area (Å²) in [4.78, 5) is 0. The smallest absolute Gasteiger partial charge is 0.374 e. The molecule has 0 aliphatic carbocycles. The van der Waals surface area contributed by atoms with Gasteiger partial charge in [-0.05, 0) is 20.8 Å². The second kappa shape index (κ2) is 11.2. The Labute approximate surface area is 117 Å². The standard InChI is InChI=1S/C7H18O3Si.C6H16Si/c1-5-8-11(4,9-6-2)10-7-3;1-5-7(3,4)6-2/h5-7H2,1-4H3;5-6H2,1-4H3. The lowest BCUT2D eigenvalue weighted by molar-refractivity contribution is 0.0783. The van der Waals surface area contributed by atoms with Gasteiger partial charge in [0.1, 0.15) is 0 Å². The summed E-state index contributed by atoms with van der Waals surface area (Å²) in [6.07, 6.45) is 0. The Hall–Kier alpha value is 0.314. The van der Waals surface area contributed by atoms with Crippen LogP contribution in [0.25, 0.3) is 0 Å². The Kier molecular flexibility index (Phi) is 12.8. The molecule has 18 heavy (non-hydrogen) atoms. The summed E-state index contributed by atoms with van der Waals surface area (Å²) in [7, 11) is -2.90. The largest absolute Gasteiger partial charge is 0.497 e. The minimum absolute atomic E-state index is 0.651. The van der Waals surface area contributed by atoms with E-state index < -0.39 is 16.9 Å². The Morgan fingerprint density at radius 2 is 0.889 bits per heavy atom. The molecular weight excluding hydrogens is 260 g/mol. The minimum Gasteiger partial charge on any atom is -0.374 e. The third-order valence-corrected chi connectivity index (χ3v) is 9.40. The fourth-order valence-corrected chi connectivity index (χ4v) is 3.48. The third-order valence-electron chi connectivity index (χ3n) is 3.13. The Bertz CT molecular complexity index is 164.